The SMILES string of the molecule is COc1ccc(NC(=O)C(F)(F)Oc2ccc(F)cc2)cc1. The molecule has 2 rings (SSSR count). The fraction of sp³-hybridized carbons (Fsp3) is 0.133. The van der Waals surface area contributed by atoms with Gasteiger partial charge in [0.25, 0.3) is 0 Å². The van der Waals surface area contributed by atoms with Crippen molar-refractivity contribution in [1.29, 1.82) is 0 Å². The van der Waals surface area contributed by atoms with Crippen LogP contribution in [-0.4, -0.2) is 19.1 Å². The second-order valence-electron chi connectivity index (χ2n) is 4.26. The topological polar surface area (TPSA) is 47.6 Å². The Morgan fingerprint density at radius 1 is 1.00 bits per heavy atom. The summed E-state index contributed by atoms with van der Waals surface area (Å²) in [5.74, 6) is -2.04. The van der Waals surface area contributed by atoms with Crippen molar-refractivity contribution < 1.29 is 27.4 Å². The van der Waals surface area contributed by atoms with Crippen molar-refractivity contribution in [1.82, 2.24) is 0 Å². The van der Waals surface area contributed by atoms with Crippen molar-refractivity contribution in [3.05, 3.63) is 54.3 Å². The van der Waals surface area contributed by atoms with Crippen LogP contribution in [0.15, 0.2) is 48.5 Å². The highest BCUT2D eigenvalue weighted by atomic mass is 19.3. The van der Waals surface area contributed by atoms with E-state index in [1.165, 1.54) is 31.4 Å². The highest BCUT2D eigenvalue weighted by Gasteiger charge is 2.42. The van der Waals surface area contributed by atoms with Gasteiger partial charge in [-0.25, -0.2) is 4.39 Å². The van der Waals surface area contributed by atoms with Crippen molar-refractivity contribution in [3.8, 4) is 11.5 Å². The molecule has 0 aromatic heterocycles. The third kappa shape index (κ3) is 3.91. The maximum Gasteiger partial charge on any atom is 0.482 e. The molecule has 22 heavy (non-hydrogen) atoms. The number of alkyl halides is 2. The lowest BCUT2D eigenvalue weighted by atomic mass is 10.3. The summed E-state index contributed by atoms with van der Waals surface area (Å²) in [5.41, 5.74) is 0.160. The van der Waals surface area contributed by atoms with E-state index in [4.69, 9.17) is 4.74 Å². The van der Waals surface area contributed by atoms with E-state index in [-0.39, 0.29) is 11.4 Å². The minimum Gasteiger partial charge on any atom is -0.497 e. The largest absolute Gasteiger partial charge is 0.497 e. The first-order valence-corrected chi connectivity index (χ1v) is 6.18. The Morgan fingerprint density at radius 2 is 1.55 bits per heavy atom. The number of benzene rings is 2. The van der Waals surface area contributed by atoms with Gasteiger partial charge in [-0.3, -0.25) is 4.79 Å². The third-order valence-electron chi connectivity index (χ3n) is 2.67. The molecule has 2 aromatic carbocycles. The lowest BCUT2D eigenvalue weighted by Crippen LogP contribution is -2.39. The van der Waals surface area contributed by atoms with Crippen LogP contribution in [-0.2, 0) is 4.79 Å². The Labute approximate surface area is 124 Å². The molecule has 0 aliphatic carbocycles. The predicted molar refractivity (Wildman–Crippen MR) is 73.6 cm³/mol. The van der Waals surface area contributed by atoms with Crippen LogP contribution in [0.5, 0.6) is 11.5 Å². The summed E-state index contributed by atoms with van der Waals surface area (Å²) in [5, 5.41) is 2.02. The first kappa shape index (κ1) is 15.7. The molecule has 0 fully saturated rings. The van der Waals surface area contributed by atoms with E-state index < -0.39 is 17.8 Å². The van der Waals surface area contributed by atoms with E-state index in [1.807, 2.05) is 5.32 Å². The number of hydrogen-bond donors (Lipinski definition) is 1. The number of anilines is 1. The van der Waals surface area contributed by atoms with E-state index in [0.29, 0.717) is 5.75 Å². The van der Waals surface area contributed by atoms with Crippen LogP contribution in [0, 0.1) is 5.82 Å². The summed E-state index contributed by atoms with van der Waals surface area (Å²) in [6.45, 7) is 0. The summed E-state index contributed by atoms with van der Waals surface area (Å²) < 4.78 is 49.3. The molecule has 0 saturated carbocycles. The van der Waals surface area contributed by atoms with Gasteiger partial charge in [0.2, 0.25) is 0 Å². The number of halogens is 3. The summed E-state index contributed by atoms with van der Waals surface area (Å²) in [6, 6.07) is 9.74. The maximum absolute atomic E-state index is 13.7. The zero-order valence-electron chi connectivity index (χ0n) is 11.5. The molecular weight excluding hydrogens is 299 g/mol. The number of ether oxygens (including phenoxy) is 2. The van der Waals surface area contributed by atoms with Crippen LogP contribution in [0.3, 0.4) is 0 Å². The van der Waals surface area contributed by atoms with Gasteiger partial charge in [-0.2, -0.15) is 8.78 Å². The van der Waals surface area contributed by atoms with E-state index in [2.05, 4.69) is 4.74 Å². The van der Waals surface area contributed by atoms with Crippen LogP contribution in [0.4, 0.5) is 18.9 Å². The highest BCUT2D eigenvalue weighted by Crippen LogP contribution is 2.24. The van der Waals surface area contributed by atoms with Gasteiger partial charge in [-0.1, -0.05) is 0 Å². The van der Waals surface area contributed by atoms with Gasteiger partial charge in [0.1, 0.15) is 17.3 Å². The first-order valence-electron chi connectivity index (χ1n) is 6.18. The first-order chi connectivity index (χ1) is 10.4. The Hall–Kier alpha value is -2.70. The molecule has 7 heteroatoms. The van der Waals surface area contributed by atoms with Crippen LogP contribution in [0.25, 0.3) is 0 Å². The lowest BCUT2D eigenvalue weighted by molar-refractivity contribution is -0.187. The number of methoxy groups -OCH3 is 1. The number of rotatable bonds is 5. The molecule has 1 amide bonds. The molecule has 2 aromatic rings. The molecule has 0 bridgehead atoms. The predicted octanol–water partition coefficient (Wildman–Crippen LogP) is 3.44. The Morgan fingerprint density at radius 3 is 2.09 bits per heavy atom. The second kappa shape index (κ2) is 6.38. The van der Waals surface area contributed by atoms with Crippen molar-refractivity contribution >= 4 is 11.6 Å². The lowest BCUT2D eigenvalue weighted by Gasteiger charge is -2.17. The van der Waals surface area contributed by atoms with Gasteiger partial charge in [-0.15, -0.1) is 0 Å². The molecule has 0 aliphatic heterocycles. The van der Waals surface area contributed by atoms with Crippen LogP contribution >= 0.6 is 0 Å². The summed E-state index contributed by atoms with van der Waals surface area (Å²) in [6.07, 6.45) is -4.10. The van der Waals surface area contributed by atoms with E-state index >= 15 is 0 Å². The van der Waals surface area contributed by atoms with E-state index in [9.17, 15) is 18.0 Å². The molecule has 0 saturated heterocycles. The van der Waals surface area contributed by atoms with Gasteiger partial charge in [0.15, 0.2) is 0 Å². The molecule has 0 heterocycles. The van der Waals surface area contributed by atoms with E-state index in [0.717, 1.165) is 24.3 Å². The van der Waals surface area contributed by atoms with E-state index in [1.54, 1.807) is 0 Å². The number of amides is 1. The standard InChI is InChI=1S/C15H12F3NO3/c1-21-12-8-4-11(5-9-12)19-14(20)15(17,18)22-13-6-2-10(16)3-7-13/h2-9H,1H3,(H,19,20). The quantitative estimate of drug-likeness (QED) is 0.920. The fourth-order valence-electron chi connectivity index (χ4n) is 1.58. The average molecular weight is 311 g/mol. The number of nitrogens with one attached hydrogen (secondary N) is 1. The maximum atomic E-state index is 13.7. The van der Waals surface area contributed by atoms with Crippen LogP contribution in [0.1, 0.15) is 0 Å². The van der Waals surface area contributed by atoms with Crippen LogP contribution in [0.2, 0.25) is 0 Å². The smallest absolute Gasteiger partial charge is 0.482 e. The zero-order valence-corrected chi connectivity index (χ0v) is 11.5. The van der Waals surface area contributed by atoms with Gasteiger partial charge in [0, 0.05) is 5.69 Å². The third-order valence-corrected chi connectivity index (χ3v) is 2.67. The average Bonchev–Trinajstić information content (AvgIpc) is 2.50. The van der Waals surface area contributed by atoms with Crippen molar-refractivity contribution in [2.45, 2.75) is 6.11 Å². The minimum atomic E-state index is -4.10. The molecule has 0 radical (unpaired) electrons. The van der Waals surface area contributed by atoms with Gasteiger partial charge < -0.3 is 14.8 Å². The molecule has 1 N–H and O–H groups in total. The van der Waals surface area contributed by atoms with Gasteiger partial charge in [-0.05, 0) is 48.5 Å². The molecule has 0 spiro atoms. The number of carbonyl (C=O) groups is 1. The monoisotopic (exact) mass is 311 g/mol. The molecular formula is C15H12F3NO3. The summed E-state index contributed by atoms with van der Waals surface area (Å²) >= 11 is 0. The van der Waals surface area contributed by atoms with Gasteiger partial charge in [0.05, 0.1) is 7.11 Å². The Kier molecular flexibility index (Phi) is 4.55. The molecule has 0 atom stereocenters. The summed E-state index contributed by atoms with van der Waals surface area (Å²) in [4.78, 5) is 11.6. The summed E-state index contributed by atoms with van der Waals surface area (Å²) in [7, 11) is 1.46. The van der Waals surface area contributed by atoms with Crippen molar-refractivity contribution in [3.63, 3.8) is 0 Å². The fourth-order valence-corrected chi connectivity index (χ4v) is 1.58. The van der Waals surface area contributed by atoms with Gasteiger partial charge >= 0.3 is 12.0 Å². The zero-order chi connectivity index (χ0) is 16.2. The number of carbonyl (C=O) groups excluding carboxylic acids is 1. The van der Waals surface area contributed by atoms with Crippen molar-refractivity contribution in [2.24, 2.45) is 0 Å². The van der Waals surface area contributed by atoms with Crippen molar-refractivity contribution in [2.75, 3.05) is 12.4 Å². The van der Waals surface area contributed by atoms with Crippen LogP contribution < -0.4 is 14.8 Å². The molecule has 4 nitrogen and oxygen atoms in total. The molecule has 116 valence electrons. The highest BCUT2D eigenvalue weighted by molar-refractivity contribution is 5.95. The normalized spacial score (nSPS) is 10.9. The molecule has 0 aliphatic rings. The second-order valence-corrected chi connectivity index (χ2v) is 4.26. The Bertz CT molecular complexity index is 642. The number of hydrogen-bond acceptors (Lipinski definition) is 3. The minimum absolute atomic E-state index is 0.160. The Balaban J connectivity index is 2.04. The molecule has 0 unspecified atom stereocenters.